The first-order valence-corrected chi connectivity index (χ1v) is 11.9. The summed E-state index contributed by atoms with van der Waals surface area (Å²) in [5.74, 6) is 1.27. The Morgan fingerprint density at radius 2 is 1.74 bits per heavy atom. The lowest BCUT2D eigenvalue weighted by Crippen LogP contribution is -2.50. The van der Waals surface area contributed by atoms with Gasteiger partial charge in [-0.05, 0) is 45.0 Å². The van der Waals surface area contributed by atoms with E-state index in [1.807, 2.05) is 31.2 Å². The minimum Gasteiger partial charge on any atom is -0.491 e. The van der Waals surface area contributed by atoms with Crippen LogP contribution in [-0.2, 0) is 14.8 Å². The first kappa shape index (κ1) is 22.7. The summed E-state index contributed by atoms with van der Waals surface area (Å²) in [4.78, 5) is 12.8. The molecule has 0 fully saturated rings. The van der Waals surface area contributed by atoms with Gasteiger partial charge in [-0.3, -0.25) is 9.10 Å². The molecule has 0 spiro atoms. The molecule has 0 saturated heterocycles. The van der Waals surface area contributed by atoms with Gasteiger partial charge in [-0.2, -0.15) is 0 Å². The molecule has 0 saturated carbocycles. The fourth-order valence-electron chi connectivity index (χ4n) is 3.24. The van der Waals surface area contributed by atoms with Gasteiger partial charge in [-0.15, -0.1) is 0 Å². The lowest BCUT2D eigenvalue weighted by atomic mass is 10.2. The molecule has 1 aliphatic heterocycles. The predicted molar refractivity (Wildman–Crippen MR) is 118 cm³/mol. The smallest absolute Gasteiger partial charge is 0.243 e. The van der Waals surface area contributed by atoms with Gasteiger partial charge < -0.3 is 19.5 Å². The van der Waals surface area contributed by atoms with Crippen LogP contribution in [0.4, 0.5) is 5.69 Å². The van der Waals surface area contributed by atoms with E-state index in [-0.39, 0.29) is 12.6 Å². The molecule has 0 bridgehead atoms. The molecule has 1 amide bonds. The molecule has 0 unspecified atom stereocenters. The van der Waals surface area contributed by atoms with Crippen molar-refractivity contribution in [1.29, 1.82) is 0 Å². The van der Waals surface area contributed by atoms with Crippen LogP contribution in [0.5, 0.6) is 17.2 Å². The Morgan fingerprint density at radius 3 is 2.39 bits per heavy atom. The lowest BCUT2D eigenvalue weighted by Gasteiger charge is -2.30. The molecule has 31 heavy (non-hydrogen) atoms. The van der Waals surface area contributed by atoms with E-state index >= 15 is 0 Å². The highest BCUT2D eigenvalue weighted by molar-refractivity contribution is 7.92. The number of anilines is 1. The minimum absolute atomic E-state index is 0.254. The normalized spacial score (nSPS) is 15.0. The van der Waals surface area contributed by atoms with Crippen molar-refractivity contribution in [3.05, 3.63) is 48.0 Å². The molecule has 0 radical (unpaired) electrons. The average molecular weight is 449 g/mol. The van der Waals surface area contributed by atoms with E-state index < -0.39 is 22.0 Å². The Balaban J connectivity index is 1.69. The molecular formula is C22H28N2O6S. The zero-order valence-electron chi connectivity index (χ0n) is 18.1. The number of ether oxygens (including phenoxy) is 3. The number of sulfonamides is 1. The third-order valence-corrected chi connectivity index (χ3v) is 6.02. The Kier molecular flexibility index (Phi) is 6.94. The highest BCUT2D eigenvalue weighted by Crippen LogP contribution is 2.35. The van der Waals surface area contributed by atoms with Crippen LogP contribution in [0.3, 0.4) is 0 Å². The second kappa shape index (κ2) is 9.47. The number of hydrogen-bond donors (Lipinski definition) is 1. The number of hydrogen-bond acceptors (Lipinski definition) is 6. The topological polar surface area (TPSA) is 94.2 Å². The van der Waals surface area contributed by atoms with Crippen LogP contribution in [0.25, 0.3) is 0 Å². The van der Waals surface area contributed by atoms with E-state index in [2.05, 4.69) is 5.32 Å². The van der Waals surface area contributed by atoms with Crippen LogP contribution in [-0.4, -0.2) is 52.5 Å². The highest BCUT2D eigenvalue weighted by atomic mass is 32.2. The molecule has 2 aromatic rings. The van der Waals surface area contributed by atoms with Crippen molar-refractivity contribution in [1.82, 2.24) is 5.32 Å². The molecule has 9 heteroatoms. The van der Waals surface area contributed by atoms with Crippen molar-refractivity contribution < 1.29 is 27.4 Å². The van der Waals surface area contributed by atoms with Gasteiger partial charge in [0, 0.05) is 6.07 Å². The van der Waals surface area contributed by atoms with Crippen molar-refractivity contribution in [2.45, 2.75) is 32.9 Å². The summed E-state index contributed by atoms with van der Waals surface area (Å²) < 4.78 is 42.9. The molecule has 8 nitrogen and oxygen atoms in total. The summed E-state index contributed by atoms with van der Waals surface area (Å²) in [7, 11) is -3.74. The first-order valence-electron chi connectivity index (χ1n) is 10.0. The van der Waals surface area contributed by atoms with E-state index in [1.165, 1.54) is 0 Å². The SMILES string of the molecule is Cc1ccc(OC[C@@H](C)NC(=O)[C@H](C)N(c2ccc3c(c2)OCCO3)S(C)(=O)=O)cc1. The number of benzene rings is 2. The number of carbonyl (C=O) groups excluding carboxylic acids is 1. The number of nitrogens with zero attached hydrogens (tertiary/aromatic N) is 1. The average Bonchev–Trinajstić information content (AvgIpc) is 2.72. The maximum absolute atomic E-state index is 12.8. The third kappa shape index (κ3) is 5.81. The summed E-state index contributed by atoms with van der Waals surface area (Å²) in [6, 6.07) is 11.1. The van der Waals surface area contributed by atoms with Crippen LogP contribution in [0.15, 0.2) is 42.5 Å². The number of amides is 1. The largest absolute Gasteiger partial charge is 0.491 e. The minimum atomic E-state index is -3.74. The molecule has 0 aliphatic carbocycles. The summed E-state index contributed by atoms with van der Waals surface area (Å²) in [5.41, 5.74) is 1.46. The van der Waals surface area contributed by atoms with E-state index in [9.17, 15) is 13.2 Å². The van der Waals surface area contributed by atoms with Gasteiger partial charge >= 0.3 is 0 Å². The van der Waals surface area contributed by atoms with Crippen LogP contribution < -0.4 is 23.8 Å². The Bertz CT molecular complexity index is 1020. The molecule has 2 aromatic carbocycles. The van der Waals surface area contributed by atoms with Crippen molar-refractivity contribution in [3.63, 3.8) is 0 Å². The predicted octanol–water partition coefficient (Wildman–Crippen LogP) is 2.50. The van der Waals surface area contributed by atoms with Crippen LogP contribution in [0, 0.1) is 6.92 Å². The van der Waals surface area contributed by atoms with Crippen molar-refractivity contribution >= 4 is 21.6 Å². The van der Waals surface area contributed by atoms with E-state index in [0.717, 1.165) is 16.1 Å². The molecular weight excluding hydrogens is 420 g/mol. The van der Waals surface area contributed by atoms with Gasteiger partial charge in [0.25, 0.3) is 0 Å². The third-order valence-electron chi connectivity index (χ3n) is 4.78. The first-order chi connectivity index (χ1) is 14.6. The van der Waals surface area contributed by atoms with E-state index in [4.69, 9.17) is 14.2 Å². The number of nitrogens with one attached hydrogen (secondary N) is 1. The van der Waals surface area contributed by atoms with Crippen LogP contribution in [0.2, 0.25) is 0 Å². The van der Waals surface area contributed by atoms with Gasteiger partial charge in [-0.1, -0.05) is 17.7 Å². The quantitative estimate of drug-likeness (QED) is 0.667. The second-order valence-electron chi connectivity index (χ2n) is 7.60. The van der Waals surface area contributed by atoms with Crippen LogP contribution >= 0.6 is 0 Å². The standard InChI is InChI=1S/C22H28N2O6S/c1-15-5-8-19(9-6-15)30-14-16(2)23-22(25)17(3)24(31(4,26)27)18-7-10-20-21(13-18)29-12-11-28-20/h5-10,13,16-17H,11-12,14H2,1-4H3,(H,23,25)/t16-,17+/m1/s1. The van der Waals surface area contributed by atoms with Gasteiger partial charge in [0.15, 0.2) is 11.5 Å². The summed E-state index contributed by atoms with van der Waals surface area (Å²) in [5, 5.41) is 2.82. The zero-order chi connectivity index (χ0) is 22.6. The van der Waals surface area contributed by atoms with E-state index in [1.54, 1.807) is 32.0 Å². The fraction of sp³-hybridized carbons (Fsp3) is 0.409. The van der Waals surface area contributed by atoms with Gasteiger partial charge in [-0.25, -0.2) is 8.42 Å². The van der Waals surface area contributed by atoms with Crippen molar-refractivity contribution in [2.24, 2.45) is 0 Å². The fourth-order valence-corrected chi connectivity index (χ4v) is 4.41. The lowest BCUT2D eigenvalue weighted by molar-refractivity contribution is -0.122. The van der Waals surface area contributed by atoms with E-state index in [0.29, 0.717) is 36.1 Å². The zero-order valence-corrected chi connectivity index (χ0v) is 18.9. The van der Waals surface area contributed by atoms with Crippen LogP contribution in [0.1, 0.15) is 19.4 Å². The summed E-state index contributed by atoms with van der Waals surface area (Å²) in [6.07, 6.45) is 1.07. The Labute approximate surface area is 183 Å². The highest BCUT2D eigenvalue weighted by Gasteiger charge is 2.30. The number of carbonyl (C=O) groups is 1. The Morgan fingerprint density at radius 1 is 1.10 bits per heavy atom. The summed E-state index contributed by atoms with van der Waals surface area (Å²) in [6.45, 7) is 6.40. The van der Waals surface area contributed by atoms with Crippen molar-refractivity contribution in [3.8, 4) is 17.2 Å². The maximum atomic E-state index is 12.8. The molecule has 3 rings (SSSR count). The number of fused-ring (bicyclic) bond motifs is 1. The van der Waals surface area contributed by atoms with Gasteiger partial charge in [0.1, 0.15) is 31.6 Å². The molecule has 1 N–H and O–H groups in total. The molecule has 1 heterocycles. The maximum Gasteiger partial charge on any atom is 0.243 e. The van der Waals surface area contributed by atoms with Gasteiger partial charge in [0.2, 0.25) is 15.9 Å². The summed E-state index contributed by atoms with van der Waals surface area (Å²) >= 11 is 0. The molecule has 2 atom stereocenters. The number of rotatable bonds is 8. The second-order valence-corrected chi connectivity index (χ2v) is 9.46. The van der Waals surface area contributed by atoms with Crippen molar-refractivity contribution in [2.75, 3.05) is 30.4 Å². The number of aryl methyl sites for hydroxylation is 1. The monoisotopic (exact) mass is 448 g/mol. The van der Waals surface area contributed by atoms with Gasteiger partial charge in [0.05, 0.1) is 18.0 Å². The Hall–Kier alpha value is -2.94. The molecule has 168 valence electrons. The molecule has 1 aliphatic rings. The molecule has 0 aromatic heterocycles.